The second-order valence-electron chi connectivity index (χ2n) is 4.84. The van der Waals surface area contributed by atoms with Crippen LogP contribution in [0.15, 0.2) is 36.4 Å². The molecule has 0 amide bonds. The molecule has 0 saturated heterocycles. The van der Waals surface area contributed by atoms with Gasteiger partial charge in [-0.3, -0.25) is 4.79 Å². The van der Waals surface area contributed by atoms with Gasteiger partial charge >= 0.3 is 0 Å². The molecular formula is C17H18O. The van der Waals surface area contributed by atoms with Crippen molar-refractivity contribution < 1.29 is 4.79 Å². The Balaban J connectivity index is 2.59. The molecule has 0 aromatic heterocycles. The van der Waals surface area contributed by atoms with E-state index in [1.807, 2.05) is 64.1 Å². The van der Waals surface area contributed by atoms with Gasteiger partial charge in [0.1, 0.15) is 0 Å². The summed E-state index contributed by atoms with van der Waals surface area (Å²) in [7, 11) is 0. The molecular weight excluding hydrogens is 220 g/mol. The van der Waals surface area contributed by atoms with E-state index in [1.165, 1.54) is 0 Å². The SMILES string of the molecule is Cc1cccc(C(=O)c2c(C)cccc2C)c1C. The molecule has 0 unspecified atom stereocenters. The fourth-order valence-corrected chi connectivity index (χ4v) is 2.30. The normalized spacial score (nSPS) is 10.4. The molecule has 0 fully saturated rings. The highest BCUT2D eigenvalue weighted by atomic mass is 16.1. The lowest BCUT2D eigenvalue weighted by molar-refractivity contribution is 0.103. The lowest BCUT2D eigenvalue weighted by Crippen LogP contribution is -2.08. The molecule has 0 aliphatic heterocycles. The van der Waals surface area contributed by atoms with Gasteiger partial charge in [0.2, 0.25) is 0 Å². The van der Waals surface area contributed by atoms with E-state index in [-0.39, 0.29) is 5.78 Å². The van der Waals surface area contributed by atoms with Crippen LogP contribution in [0.1, 0.15) is 38.2 Å². The summed E-state index contributed by atoms with van der Waals surface area (Å²) >= 11 is 0. The van der Waals surface area contributed by atoms with Crippen LogP contribution in [0.3, 0.4) is 0 Å². The Hall–Kier alpha value is -1.89. The molecule has 1 heteroatoms. The van der Waals surface area contributed by atoms with Gasteiger partial charge in [-0.2, -0.15) is 0 Å². The summed E-state index contributed by atoms with van der Waals surface area (Å²) in [5.41, 5.74) is 5.97. The third-order valence-corrected chi connectivity index (χ3v) is 3.56. The zero-order valence-corrected chi connectivity index (χ0v) is 11.4. The number of carbonyl (C=O) groups excluding carboxylic acids is 1. The Bertz CT molecular complexity index is 589. The number of rotatable bonds is 2. The van der Waals surface area contributed by atoms with Crippen LogP contribution < -0.4 is 0 Å². The van der Waals surface area contributed by atoms with Crippen LogP contribution in [0, 0.1) is 27.7 Å². The van der Waals surface area contributed by atoms with Gasteiger partial charge in [0.05, 0.1) is 0 Å². The van der Waals surface area contributed by atoms with Crippen molar-refractivity contribution in [3.05, 3.63) is 69.8 Å². The van der Waals surface area contributed by atoms with Crippen LogP contribution in [0.25, 0.3) is 0 Å². The van der Waals surface area contributed by atoms with E-state index in [0.29, 0.717) is 0 Å². The maximum atomic E-state index is 12.7. The minimum Gasteiger partial charge on any atom is -0.289 e. The number of hydrogen-bond acceptors (Lipinski definition) is 1. The lowest BCUT2D eigenvalue weighted by atomic mass is 9.91. The standard InChI is InChI=1S/C17H18O/c1-11-7-6-10-15(14(11)4)17(18)16-12(2)8-5-9-13(16)3/h5-10H,1-4H3. The summed E-state index contributed by atoms with van der Waals surface area (Å²) in [6.07, 6.45) is 0. The highest BCUT2D eigenvalue weighted by Gasteiger charge is 2.16. The predicted octanol–water partition coefficient (Wildman–Crippen LogP) is 4.15. The quantitative estimate of drug-likeness (QED) is 0.718. The summed E-state index contributed by atoms with van der Waals surface area (Å²) in [5, 5.41) is 0. The molecule has 0 spiro atoms. The zero-order chi connectivity index (χ0) is 13.3. The molecule has 2 aromatic rings. The Morgan fingerprint density at radius 3 is 1.89 bits per heavy atom. The van der Waals surface area contributed by atoms with Gasteiger partial charge in [-0.15, -0.1) is 0 Å². The molecule has 18 heavy (non-hydrogen) atoms. The first-order chi connectivity index (χ1) is 8.52. The molecule has 0 atom stereocenters. The van der Waals surface area contributed by atoms with E-state index >= 15 is 0 Å². The van der Waals surface area contributed by atoms with Crippen LogP contribution in [0.2, 0.25) is 0 Å². The first kappa shape index (κ1) is 12.6. The van der Waals surface area contributed by atoms with Crippen LogP contribution >= 0.6 is 0 Å². The van der Waals surface area contributed by atoms with E-state index in [9.17, 15) is 4.79 Å². The van der Waals surface area contributed by atoms with Crippen LogP contribution in [0.4, 0.5) is 0 Å². The van der Waals surface area contributed by atoms with E-state index in [0.717, 1.165) is 33.4 Å². The Labute approximate surface area is 108 Å². The van der Waals surface area contributed by atoms with Gasteiger partial charge in [-0.1, -0.05) is 36.4 Å². The average molecular weight is 238 g/mol. The first-order valence-corrected chi connectivity index (χ1v) is 6.19. The van der Waals surface area contributed by atoms with Crippen LogP contribution in [-0.2, 0) is 0 Å². The summed E-state index contributed by atoms with van der Waals surface area (Å²) in [6, 6.07) is 11.9. The van der Waals surface area contributed by atoms with E-state index in [1.54, 1.807) is 0 Å². The molecule has 0 radical (unpaired) electrons. The third kappa shape index (κ3) is 2.08. The van der Waals surface area contributed by atoms with Crippen molar-refractivity contribution in [1.29, 1.82) is 0 Å². The highest BCUT2D eigenvalue weighted by Crippen LogP contribution is 2.21. The molecule has 2 rings (SSSR count). The molecule has 0 bridgehead atoms. The van der Waals surface area contributed by atoms with Crippen molar-refractivity contribution in [3.8, 4) is 0 Å². The molecule has 0 aliphatic rings. The molecule has 2 aromatic carbocycles. The maximum absolute atomic E-state index is 12.7. The molecule has 92 valence electrons. The van der Waals surface area contributed by atoms with Gasteiger partial charge in [0, 0.05) is 11.1 Å². The fraction of sp³-hybridized carbons (Fsp3) is 0.235. The number of carbonyl (C=O) groups is 1. The number of ketones is 1. The third-order valence-electron chi connectivity index (χ3n) is 3.56. The second-order valence-corrected chi connectivity index (χ2v) is 4.84. The largest absolute Gasteiger partial charge is 0.289 e. The van der Waals surface area contributed by atoms with Gasteiger partial charge < -0.3 is 0 Å². The average Bonchev–Trinajstić information content (AvgIpc) is 2.32. The molecule has 1 nitrogen and oxygen atoms in total. The Morgan fingerprint density at radius 1 is 0.778 bits per heavy atom. The summed E-state index contributed by atoms with van der Waals surface area (Å²) < 4.78 is 0. The van der Waals surface area contributed by atoms with Crippen molar-refractivity contribution in [1.82, 2.24) is 0 Å². The monoisotopic (exact) mass is 238 g/mol. The minimum atomic E-state index is 0.131. The topological polar surface area (TPSA) is 17.1 Å². The lowest BCUT2D eigenvalue weighted by Gasteiger charge is -2.11. The molecule has 0 aliphatic carbocycles. The van der Waals surface area contributed by atoms with E-state index < -0.39 is 0 Å². The van der Waals surface area contributed by atoms with Crippen molar-refractivity contribution in [2.45, 2.75) is 27.7 Å². The van der Waals surface area contributed by atoms with Crippen LogP contribution in [0.5, 0.6) is 0 Å². The maximum Gasteiger partial charge on any atom is 0.193 e. The van der Waals surface area contributed by atoms with Crippen molar-refractivity contribution in [2.24, 2.45) is 0 Å². The molecule has 0 N–H and O–H groups in total. The summed E-state index contributed by atoms with van der Waals surface area (Å²) in [6.45, 7) is 8.03. The first-order valence-electron chi connectivity index (χ1n) is 6.19. The summed E-state index contributed by atoms with van der Waals surface area (Å²) in [5.74, 6) is 0.131. The van der Waals surface area contributed by atoms with Gasteiger partial charge in [-0.25, -0.2) is 0 Å². The molecule has 0 saturated carbocycles. The van der Waals surface area contributed by atoms with Crippen molar-refractivity contribution >= 4 is 5.78 Å². The highest BCUT2D eigenvalue weighted by molar-refractivity contribution is 6.11. The number of benzene rings is 2. The van der Waals surface area contributed by atoms with Gasteiger partial charge in [0.25, 0.3) is 0 Å². The fourth-order valence-electron chi connectivity index (χ4n) is 2.30. The number of aryl methyl sites for hydroxylation is 3. The van der Waals surface area contributed by atoms with Gasteiger partial charge in [0.15, 0.2) is 5.78 Å². The Morgan fingerprint density at radius 2 is 1.28 bits per heavy atom. The summed E-state index contributed by atoms with van der Waals surface area (Å²) in [4.78, 5) is 12.7. The zero-order valence-electron chi connectivity index (χ0n) is 11.4. The van der Waals surface area contributed by atoms with Crippen molar-refractivity contribution in [3.63, 3.8) is 0 Å². The van der Waals surface area contributed by atoms with Gasteiger partial charge in [-0.05, 0) is 49.9 Å². The predicted molar refractivity (Wildman–Crippen MR) is 75.3 cm³/mol. The Kier molecular flexibility index (Phi) is 3.33. The van der Waals surface area contributed by atoms with E-state index in [4.69, 9.17) is 0 Å². The smallest absolute Gasteiger partial charge is 0.193 e. The second kappa shape index (κ2) is 4.77. The number of hydrogen-bond donors (Lipinski definition) is 0. The van der Waals surface area contributed by atoms with E-state index in [2.05, 4.69) is 0 Å². The van der Waals surface area contributed by atoms with Crippen molar-refractivity contribution in [2.75, 3.05) is 0 Å². The van der Waals surface area contributed by atoms with Crippen LogP contribution in [-0.4, -0.2) is 5.78 Å². The molecule has 0 heterocycles. The minimum absolute atomic E-state index is 0.131.